The Morgan fingerprint density at radius 3 is 2.87 bits per heavy atom. The predicted molar refractivity (Wildman–Crippen MR) is 58.8 cm³/mol. The minimum Gasteiger partial charge on any atom is -0.466 e. The molecule has 0 radical (unpaired) electrons. The van der Waals surface area contributed by atoms with Gasteiger partial charge in [0.1, 0.15) is 5.82 Å². The van der Waals surface area contributed by atoms with Gasteiger partial charge >= 0.3 is 5.97 Å². The second-order valence-electron chi connectivity index (χ2n) is 2.91. The molecule has 0 heterocycles. The fourth-order valence-electron chi connectivity index (χ4n) is 1.14. The van der Waals surface area contributed by atoms with E-state index in [-0.39, 0.29) is 10.9 Å². The van der Waals surface area contributed by atoms with Crippen molar-refractivity contribution in [1.82, 2.24) is 0 Å². The van der Waals surface area contributed by atoms with Gasteiger partial charge in [-0.05, 0) is 35.0 Å². The number of anilines is 1. The summed E-state index contributed by atoms with van der Waals surface area (Å²) in [5.74, 6) is -0.862. The second-order valence-corrected chi connectivity index (χ2v) is 3.70. The molecule has 3 nitrogen and oxygen atoms in total. The van der Waals surface area contributed by atoms with Gasteiger partial charge < -0.3 is 10.5 Å². The van der Waals surface area contributed by atoms with Crippen LogP contribution in [0.5, 0.6) is 0 Å². The number of hydrogen-bond acceptors (Lipinski definition) is 3. The first kappa shape index (κ1) is 12.0. The molecule has 1 rings (SSSR count). The van der Waals surface area contributed by atoms with E-state index >= 15 is 0 Å². The van der Waals surface area contributed by atoms with E-state index < -0.39 is 11.8 Å². The Morgan fingerprint density at radius 2 is 2.27 bits per heavy atom. The lowest BCUT2D eigenvalue weighted by atomic mass is 10.1. The van der Waals surface area contributed by atoms with E-state index in [4.69, 9.17) is 10.5 Å². The van der Waals surface area contributed by atoms with Crippen molar-refractivity contribution >= 4 is 27.6 Å². The third-order valence-corrected chi connectivity index (χ3v) is 2.72. The third-order valence-electron chi connectivity index (χ3n) is 1.86. The SMILES string of the molecule is CCOC(=O)Cc1c(N)ccc(F)c1Br. The van der Waals surface area contributed by atoms with Crippen molar-refractivity contribution in [2.45, 2.75) is 13.3 Å². The van der Waals surface area contributed by atoms with E-state index in [1.807, 2.05) is 0 Å². The molecule has 0 aliphatic carbocycles. The van der Waals surface area contributed by atoms with Crippen LogP contribution in [0, 0.1) is 5.82 Å². The van der Waals surface area contributed by atoms with Crippen LogP contribution in [0.1, 0.15) is 12.5 Å². The summed E-state index contributed by atoms with van der Waals surface area (Å²) in [7, 11) is 0. The number of rotatable bonds is 3. The molecule has 0 fully saturated rings. The Balaban J connectivity index is 2.93. The Kier molecular flexibility index (Phi) is 4.08. The molecule has 0 saturated heterocycles. The molecule has 2 N–H and O–H groups in total. The van der Waals surface area contributed by atoms with Gasteiger partial charge in [-0.15, -0.1) is 0 Å². The Hall–Kier alpha value is -1.10. The third kappa shape index (κ3) is 2.92. The van der Waals surface area contributed by atoms with Crippen LogP contribution in [0.25, 0.3) is 0 Å². The molecule has 15 heavy (non-hydrogen) atoms. The highest BCUT2D eigenvalue weighted by Gasteiger charge is 2.13. The highest BCUT2D eigenvalue weighted by atomic mass is 79.9. The Morgan fingerprint density at radius 1 is 1.60 bits per heavy atom. The lowest BCUT2D eigenvalue weighted by Gasteiger charge is -2.08. The number of nitrogens with two attached hydrogens (primary N) is 1. The zero-order valence-corrected chi connectivity index (χ0v) is 9.80. The van der Waals surface area contributed by atoms with E-state index in [9.17, 15) is 9.18 Å². The van der Waals surface area contributed by atoms with Gasteiger partial charge in [0.2, 0.25) is 0 Å². The number of nitrogen functional groups attached to an aromatic ring is 1. The molecule has 0 bridgehead atoms. The lowest BCUT2D eigenvalue weighted by molar-refractivity contribution is -0.142. The fraction of sp³-hybridized carbons (Fsp3) is 0.300. The van der Waals surface area contributed by atoms with Crippen molar-refractivity contribution < 1.29 is 13.9 Å². The Labute approximate surface area is 95.5 Å². The van der Waals surface area contributed by atoms with Crippen molar-refractivity contribution in [3.05, 3.63) is 28.0 Å². The summed E-state index contributed by atoms with van der Waals surface area (Å²) in [6.45, 7) is 2.01. The molecular weight excluding hydrogens is 265 g/mol. The van der Waals surface area contributed by atoms with E-state index in [1.54, 1.807) is 6.92 Å². The zero-order chi connectivity index (χ0) is 11.4. The quantitative estimate of drug-likeness (QED) is 0.680. The van der Waals surface area contributed by atoms with Crippen LogP contribution < -0.4 is 5.73 Å². The van der Waals surface area contributed by atoms with Crippen molar-refractivity contribution in [3.8, 4) is 0 Å². The first-order valence-corrected chi connectivity index (χ1v) is 5.23. The monoisotopic (exact) mass is 275 g/mol. The number of hydrogen-bond donors (Lipinski definition) is 1. The van der Waals surface area contributed by atoms with Gasteiger partial charge in [0.25, 0.3) is 0 Å². The summed E-state index contributed by atoms with van der Waals surface area (Å²) in [5.41, 5.74) is 6.43. The van der Waals surface area contributed by atoms with Gasteiger partial charge in [-0.25, -0.2) is 4.39 Å². The first-order valence-electron chi connectivity index (χ1n) is 4.44. The molecule has 0 amide bonds. The molecule has 0 aliphatic heterocycles. The number of halogens is 2. The summed E-state index contributed by atoms with van der Waals surface area (Å²) in [6.07, 6.45) is -0.0297. The number of esters is 1. The molecule has 1 aromatic carbocycles. The van der Waals surface area contributed by atoms with Gasteiger partial charge in [-0.3, -0.25) is 4.79 Å². The Bertz CT molecular complexity index is 382. The molecule has 1 aromatic rings. The number of carbonyl (C=O) groups excluding carboxylic acids is 1. The summed E-state index contributed by atoms with van der Waals surface area (Å²) in [6, 6.07) is 2.67. The molecule has 0 atom stereocenters. The van der Waals surface area contributed by atoms with Crippen molar-refractivity contribution in [1.29, 1.82) is 0 Å². The van der Waals surface area contributed by atoms with Gasteiger partial charge in [0.15, 0.2) is 0 Å². The van der Waals surface area contributed by atoms with E-state index in [2.05, 4.69) is 15.9 Å². The zero-order valence-electron chi connectivity index (χ0n) is 8.22. The van der Waals surface area contributed by atoms with Crippen molar-refractivity contribution in [2.24, 2.45) is 0 Å². The molecule has 0 spiro atoms. The van der Waals surface area contributed by atoms with E-state index in [0.29, 0.717) is 17.9 Å². The van der Waals surface area contributed by atoms with Crippen LogP contribution in [-0.4, -0.2) is 12.6 Å². The van der Waals surface area contributed by atoms with Crippen LogP contribution in [-0.2, 0) is 16.0 Å². The summed E-state index contributed by atoms with van der Waals surface area (Å²) in [4.78, 5) is 11.2. The maximum Gasteiger partial charge on any atom is 0.310 e. The predicted octanol–water partition coefficient (Wildman–Crippen LogP) is 2.28. The van der Waals surface area contributed by atoms with Crippen LogP contribution in [0.3, 0.4) is 0 Å². The highest BCUT2D eigenvalue weighted by molar-refractivity contribution is 9.10. The largest absolute Gasteiger partial charge is 0.466 e. The molecule has 82 valence electrons. The minimum atomic E-state index is -0.441. The van der Waals surface area contributed by atoms with Crippen LogP contribution in [0.15, 0.2) is 16.6 Å². The molecule has 5 heteroatoms. The topological polar surface area (TPSA) is 52.3 Å². The van der Waals surface area contributed by atoms with Gasteiger partial charge in [-0.1, -0.05) is 0 Å². The maximum atomic E-state index is 13.1. The number of ether oxygens (including phenoxy) is 1. The smallest absolute Gasteiger partial charge is 0.310 e. The van der Waals surface area contributed by atoms with Crippen molar-refractivity contribution in [3.63, 3.8) is 0 Å². The van der Waals surface area contributed by atoms with E-state index in [1.165, 1.54) is 12.1 Å². The molecular formula is C10H11BrFNO2. The summed E-state index contributed by atoms with van der Waals surface area (Å²) in [5, 5.41) is 0. The first-order chi connectivity index (χ1) is 7.06. The fourth-order valence-corrected chi connectivity index (χ4v) is 1.64. The van der Waals surface area contributed by atoms with Crippen LogP contribution >= 0.6 is 15.9 Å². The second kappa shape index (κ2) is 5.11. The number of carbonyl (C=O) groups is 1. The number of benzene rings is 1. The van der Waals surface area contributed by atoms with Gasteiger partial charge in [0.05, 0.1) is 17.5 Å². The molecule has 0 aliphatic rings. The van der Waals surface area contributed by atoms with Crippen LogP contribution in [0.2, 0.25) is 0 Å². The summed E-state index contributed by atoms with van der Waals surface area (Å²) < 4.78 is 18.1. The normalized spacial score (nSPS) is 10.1. The molecule has 0 saturated carbocycles. The molecule has 0 unspecified atom stereocenters. The molecule has 0 aromatic heterocycles. The summed E-state index contributed by atoms with van der Waals surface area (Å²) >= 11 is 3.05. The average molecular weight is 276 g/mol. The lowest BCUT2D eigenvalue weighted by Crippen LogP contribution is -2.10. The average Bonchev–Trinajstić information content (AvgIpc) is 2.19. The van der Waals surface area contributed by atoms with Gasteiger partial charge in [0, 0.05) is 11.3 Å². The van der Waals surface area contributed by atoms with Gasteiger partial charge in [-0.2, -0.15) is 0 Å². The highest BCUT2D eigenvalue weighted by Crippen LogP contribution is 2.26. The van der Waals surface area contributed by atoms with Crippen LogP contribution in [0.4, 0.5) is 10.1 Å². The van der Waals surface area contributed by atoms with E-state index in [0.717, 1.165) is 0 Å². The van der Waals surface area contributed by atoms with Crippen molar-refractivity contribution in [2.75, 3.05) is 12.3 Å². The minimum absolute atomic E-state index is 0.0297. The maximum absolute atomic E-state index is 13.1. The standard InChI is InChI=1S/C10H11BrFNO2/c1-2-15-9(14)5-6-8(13)4-3-7(12)10(6)11/h3-4H,2,5,13H2,1H3.